The Balaban J connectivity index is 2.11. The smallest absolute Gasteiger partial charge is 0.278 e. The molecule has 0 atom stereocenters. The summed E-state index contributed by atoms with van der Waals surface area (Å²) in [6, 6.07) is 5.21. The van der Waals surface area contributed by atoms with Crippen LogP contribution in [0.1, 0.15) is 18.2 Å². The first-order valence-corrected chi connectivity index (χ1v) is 12.0. The van der Waals surface area contributed by atoms with Gasteiger partial charge < -0.3 is 0 Å². The molecule has 0 saturated carbocycles. The zero-order valence-corrected chi connectivity index (χ0v) is 19.5. The summed E-state index contributed by atoms with van der Waals surface area (Å²) in [5, 5.41) is -0.488. The third-order valence-electron chi connectivity index (χ3n) is 4.54. The Kier molecular flexibility index (Phi) is 7.52. The Hall–Kier alpha value is -3.04. The molecule has 0 unspecified atom stereocenters. The predicted molar refractivity (Wildman–Crippen MR) is 116 cm³/mol. The average molecular weight is 538 g/mol. The number of rotatable bonds is 7. The molecule has 0 aliphatic carbocycles. The summed E-state index contributed by atoms with van der Waals surface area (Å²) in [4.78, 5) is 16.5. The molecule has 3 aromatic rings. The molecule has 188 valence electrons. The molecule has 7 nitrogen and oxygen atoms in total. The number of hydroxylamine groups is 1. The lowest BCUT2D eigenvalue weighted by atomic mass is 10.1. The van der Waals surface area contributed by atoms with Crippen LogP contribution in [0, 0.1) is 5.13 Å². The van der Waals surface area contributed by atoms with E-state index in [2.05, 4.69) is 20.4 Å². The van der Waals surface area contributed by atoms with Gasteiger partial charge in [-0.15, -0.1) is 11.3 Å². The second kappa shape index (κ2) is 9.91. The van der Waals surface area contributed by atoms with E-state index in [1.54, 1.807) is 0 Å². The van der Waals surface area contributed by atoms with Gasteiger partial charge in [0.15, 0.2) is 26.6 Å². The molecule has 3 rings (SSSR count). The van der Waals surface area contributed by atoms with Crippen molar-refractivity contribution < 1.29 is 39.6 Å². The summed E-state index contributed by atoms with van der Waals surface area (Å²) in [6.45, 7) is 1.39. The van der Waals surface area contributed by atoms with Gasteiger partial charge in [0.05, 0.1) is 17.8 Å². The minimum Gasteiger partial charge on any atom is -0.278 e. The van der Waals surface area contributed by atoms with Crippen LogP contribution in [0.15, 0.2) is 52.6 Å². The van der Waals surface area contributed by atoms with Gasteiger partial charge in [-0.25, -0.2) is 23.9 Å². The maximum Gasteiger partial charge on any atom is 0.458 e. The van der Waals surface area contributed by atoms with Crippen molar-refractivity contribution in [3.8, 4) is 10.4 Å². The van der Waals surface area contributed by atoms with E-state index in [0.29, 0.717) is 22.7 Å². The standard InChI is InChI=1S/C20H16F6N4O3S2/c1-3-35(31,32)14-8-11(13-5-6-15(21)34-13)9-28-17(14)18(30-33-2)29-16-7-4-12(10-27-16)19(22,23)20(24,25)26/h4-10H,3H2,1-2H3,(H,27,29,30). The van der Waals surface area contributed by atoms with Crippen LogP contribution in [0.5, 0.6) is 0 Å². The van der Waals surface area contributed by atoms with Crippen LogP contribution in [-0.2, 0) is 20.6 Å². The summed E-state index contributed by atoms with van der Waals surface area (Å²) >= 11 is 0.776. The van der Waals surface area contributed by atoms with Crippen LogP contribution in [0.2, 0.25) is 0 Å². The van der Waals surface area contributed by atoms with Gasteiger partial charge in [0.2, 0.25) is 0 Å². The topological polar surface area (TPSA) is 93.5 Å². The largest absolute Gasteiger partial charge is 0.458 e. The van der Waals surface area contributed by atoms with Crippen molar-refractivity contribution in [2.45, 2.75) is 23.9 Å². The molecule has 0 radical (unpaired) electrons. The van der Waals surface area contributed by atoms with Gasteiger partial charge in [-0.05, 0) is 30.3 Å². The zero-order chi connectivity index (χ0) is 26.0. The molecule has 0 aromatic carbocycles. The molecule has 0 saturated heterocycles. The van der Waals surface area contributed by atoms with Crippen molar-refractivity contribution in [1.29, 1.82) is 0 Å². The fourth-order valence-corrected chi connectivity index (χ4v) is 4.53. The van der Waals surface area contributed by atoms with E-state index in [1.807, 2.05) is 0 Å². The van der Waals surface area contributed by atoms with E-state index < -0.39 is 32.6 Å². The molecule has 0 amide bonds. The monoisotopic (exact) mass is 538 g/mol. The Morgan fingerprint density at radius 2 is 1.83 bits per heavy atom. The molecule has 0 aliphatic heterocycles. The van der Waals surface area contributed by atoms with E-state index in [-0.39, 0.29) is 28.0 Å². The molecule has 0 fully saturated rings. The van der Waals surface area contributed by atoms with Crippen molar-refractivity contribution >= 4 is 32.8 Å². The minimum atomic E-state index is -5.82. The molecular formula is C20H16F6N4O3S2. The summed E-state index contributed by atoms with van der Waals surface area (Å²) in [5.74, 6) is -6.11. The van der Waals surface area contributed by atoms with Crippen LogP contribution in [-0.4, -0.2) is 43.3 Å². The quantitative estimate of drug-likeness (QED) is 0.197. The van der Waals surface area contributed by atoms with Gasteiger partial charge in [-0.1, -0.05) is 6.92 Å². The lowest BCUT2D eigenvalue weighted by Crippen LogP contribution is -2.33. The van der Waals surface area contributed by atoms with Crippen LogP contribution in [0.4, 0.5) is 32.2 Å². The van der Waals surface area contributed by atoms with Crippen LogP contribution < -0.4 is 5.48 Å². The molecule has 0 aliphatic rings. The van der Waals surface area contributed by atoms with E-state index in [0.717, 1.165) is 17.4 Å². The number of nitrogens with one attached hydrogen (secondary N) is 1. The second-order valence-electron chi connectivity index (χ2n) is 6.82. The molecule has 15 heteroatoms. The summed E-state index contributed by atoms with van der Waals surface area (Å²) in [6.07, 6.45) is -4.24. The molecule has 3 heterocycles. The fourth-order valence-electron chi connectivity index (χ4n) is 2.76. The van der Waals surface area contributed by atoms with Gasteiger partial charge in [-0.3, -0.25) is 9.82 Å². The molecule has 3 aromatic heterocycles. The van der Waals surface area contributed by atoms with Crippen LogP contribution in [0.25, 0.3) is 10.4 Å². The second-order valence-corrected chi connectivity index (χ2v) is 10.1. The number of nitrogens with zero attached hydrogens (tertiary/aromatic N) is 3. The van der Waals surface area contributed by atoms with E-state index >= 15 is 0 Å². The highest BCUT2D eigenvalue weighted by atomic mass is 32.2. The maximum atomic E-state index is 13.5. The first-order valence-electron chi connectivity index (χ1n) is 9.57. The summed E-state index contributed by atoms with van der Waals surface area (Å²) in [7, 11) is -2.75. The Morgan fingerprint density at radius 3 is 2.34 bits per heavy atom. The normalized spacial score (nSPS) is 13.2. The number of hydrogen-bond donors (Lipinski definition) is 1. The van der Waals surface area contributed by atoms with Crippen LogP contribution in [0.3, 0.4) is 0 Å². The van der Waals surface area contributed by atoms with Gasteiger partial charge in [0.1, 0.15) is 5.69 Å². The maximum absolute atomic E-state index is 13.5. The van der Waals surface area contributed by atoms with Crippen molar-refractivity contribution in [2.24, 2.45) is 4.99 Å². The van der Waals surface area contributed by atoms with Crippen LogP contribution >= 0.6 is 11.3 Å². The third kappa shape index (κ3) is 5.62. The minimum absolute atomic E-state index is 0.235. The van der Waals surface area contributed by atoms with Gasteiger partial charge in [0, 0.05) is 28.4 Å². The van der Waals surface area contributed by atoms with E-state index in [4.69, 9.17) is 4.84 Å². The number of sulfone groups is 1. The molecular weight excluding hydrogens is 522 g/mol. The van der Waals surface area contributed by atoms with Gasteiger partial charge in [-0.2, -0.15) is 26.3 Å². The highest BCUT2D eigenvalue weighted by Gasteiger charge is 2.58. The molecule has 1 N–H and O–H groups in total. The first kappa shape index (κ1) is 26.6. The number of thiophene rings is 1. The van der Waals surface area contributed by atoms with Crippen molar-refractivity contribution in [3.05, 3.63) is 59.1 Å². The first-order chi connectivity index (χ1) is 16.3. The number of hydrogen-bond acceptors (Lipinski definition) is 7. The molecule has 0 bridgehead atoms. The number of pyridine rings is 2. The summed E-state index contributed by atoms with van der Waals surface area (Å²) in [5.41, 5.74) is 0.989. The number of aromatic nitrogens is 2. The highest BCUT2D eigenvalue weighted by molar-refractivity contribution is 7.91. The van der Waals surface area contributed by atoms with Crippen molar-refractivity contribution in [2.75, 3.05) is 12.9 Å². The lowest BCUT2D eigenvalue weighted by molar-refractivity contribution is -0.289. The Morgan fingerprint density at radius 1 is 1.11 bits per heavy atom. The number of alkyl halides is 5. The van der Waals surface area contributed by atoms with Crippen molar-refractivity contribution in [1.82, 2.24) is 15.4 Å². The summed E-state index contributed by atoms with van der Waals surface area (Å²) < 4.78 is 104. The Bertz CT molecular complexity index is 1340. The predicted octanol–water partition coefficient (Wildman–Crippen LogP) is 5.02. The van der Waals surface area contributed by atoms with Gasteiger partial charge >= 0.3 is 12.1 Å². The van der Waals surface area contributed by atoms with E-state index in [1.165, 1.54) is 38.4 Å². The lowest BCUT2D eigenvalue weighted by Gasteiger charge is -2.19. The highest BCUT2D eigenvalue weighted by Crippen LogP contribution is 2.43. The number of aliphatic imine (C=N–C) groups is 1. The van der Waals surface area contributed by atoms with Gasteiger partial charge in [0.25, 0.3) is 0 Å². The number of halogens is 6. The van der Waals surface area contributed by atoms with Crippen molar-refractivity contribution in [3.63, 3.8) is 0 Å². The Labute approximate surface area is 199 Å². The number of amidine groups is 1. The molecule has 35 heavy (non-hydrogen) atoms. The third-order valence-corrected chi connectivity index (χ3v) is 7.21. The zero-order valence-electron chi connectivity index (χ0n) is 17.9. The average Bonchev–Trinajstić information content (AvgIpc) is 3.24. The fraction of sp³-hybridized carbons (Fsp3) is 0.250. The molecule has 0 spiro atoms. The SMILES string of the molecule is CCS(=O)(=O)c1cc(-c2ccc(F)s2)cnc1C(=Nc1ccc(C(F)(F)C(F)(F)F)cn1)NOC. The van der Waals surface area contributed by atoms with E-state index in [9.17, 15) is 34.8 Å².